The van der Waals surface area contributed by atoms with E-state index < -0.39 is 0 Å². The highest BCUT2D eigenvalue weighted by molar-refractivity contribution is 6.29. The van der Waals surface area contributed by atoms with Gasteiger partial charge in [-0.25, -0.2) is 4.39 Å². The highest BCUT2D eigenvalue weighted by Gasteiger charge is 2.30. The van der Waals surface area contributed by atoms with Gasteiger partial charge < -0.3 is 13.8 Å². The Labute approximate surface area is 153 Å². The van der Waals surface area contributed by atoms with Gasteiger partial charge in [0.15, 0.2) is 11.0 Å². The molecule has 0 saturated carbocycles. The molecule has 1 aromatic carbocycles. The van der Waals surface area contributed by atoms with Crippen molar-refractivity contribution in [2.75, 3.05) is 13.1 Å². The highest BCUT2D eigenvalue weighted by atomic mass is 35.5. The number of likely N-dealkylation sites (tertiary alicyclic amines) is 1. The number of piperidine rings is 1. The molecule has 26 heavy (non-hydrogen) atoms. The Morgan fingerprint density at radius 1 is 1.31 bits per heavy atom. The van der Waals surface area contributed by atoms with Gasteiger partial charge in [-0.05, 0) is 48.7 Å². The van der Waals surface area contributed by atoms with Crippen LogP contribution in [-0.4, -0.2) is 34.0 Å². The fourth-order valence-corrected chi connectivity index (χ4v) is 3.24. The lowest BCUT2D eigenvalue weighted by Gasteiger charge is -2.30. The lowest BCUT2D eigenvalue weighted by Crippen LogP contribution is -2.39. The van der Waals surface area contributed by atoms with Crippen molar-refractivity contribution in [3.63, 3.8) is 0 Å². The fraction of sp³-hybridized carbons (Fsp3) is 0.278. The van der Waals surface area contributed by atoms with Crippen LogP contribution in [0.4, 0.5) is 4.39 Å². The zero-order valence-corrected chi connectivity index (χ0v) is 14.4. The number of amides is 1. The van der Waals surface area contributed by atoms with Crippen LogP contribution in [0.5, 0.6) is 0 Å². The average molecular weight is 376 g/mol. The molecule has 1 atom stereocenters. The molecule has 1 aliphatic rings. The molecule has 1 unspecified atom stereocenters. The lowest BCUT2D eigenvalue weighted by atomic mass is 9.97. The zero-order chi connectivity index (χ0) is 18.1. The molecule has 2 aromatic heterocycles. The predicted octanol–water partition coefficient (Wildman–Crippen LogP) is 4.14. The number of furan rings is 1. The second kappa shape index (κ2) is 6.92. The molecule has 1 fully saturated rings. The van der Waals surface area contributed by atoms with E-state index in [-0.39, 0.29) is 28.6 Å². The first-order chi connectivity index (χ1) is 12.6. The number of hydrogen-bond acceptors (Lipinski definition) is 5. The van der Waals surface area contributed by atoms with Gasteiger partial charge in [0.1, 0.15) is 5.82 Å². The summed E-state index contributed by atoms with van der Waals surface area (Å²) < 4.78 is 23.9. The Hall–Kier alpha value is -2.67. The summed E-state index contributed by atoms with van der Waals surface area (Å²) in [6.45, 7) is 1.07. The second-order valence-electron chi connectivity index (χ2n) is 6.16. The van der Waals surface area contributed by atoms with Gasteiger partial charge in [-0.2, -0.15) is 4.98 Å². The predicted molar refractivity (Wildman–Crippen MR) is 91.3 cm³/mol. The van der Waals surface area contributed by atoms with Crippen LogP contribution in [0.15, 0.2) is 45.3 Å². The Balaban J connectivity index is 1.51. The van der Waals surface area contributed by atoms with Crippen molar-refractivity contribution >= 4 is 17.5 Å². The van der Waals surface area contributed by atoms with E-state index in [1.165, 1.54) is 12.1 Å². The van der Waals surface area contributed by atoms with Gasteiger partial charge in [-0.1, -0.05) is 17.3 Å². The van der Waals surface area contributed by atoms with E-state index in [0.717, 1.165) is 12.8 Å². The summed E-state index contributed by atoms with van der Waals surface area (Å²) in [6, 6.07) is 9.12. The topological polar surface area (TPSA) is 72.4 Å². The molecular weight excluding hydrogens is 361 g/mol. The molecule has 0 bridgehead atoms. The van der Waals surface area contributed by atoms with Gasteiger partial charge in [-0.15, -0.1) is 0 Å². The number of hydrogen-bond donors (Lipinski definition) is 0. The maximum Gasteiger partial charge on any atom is 0.289 e. The molecule has 0 aliphatic carbocycles. The van der Waals surface area contributed by atoms with Crippen LogP contribution < -0.4 is 0 Å². The smallest absolute Gasteiger partial charge is 0.289 e. The van der Waals surface area contributed by atoms with Crippen molar-refractivity contribution in [1.29, 1.82) is 0 Å². The minimum Gasteiger partial charge on any atom is -0.440 e. The van der Waals surface area contributed by atoms with E-state index in [0.29, 0.717) is 30.4 Å². The Morgan fingerprint density at radius 2 is 2.19 bits per heavy atom. The first-order valence-electron chi connectivity index (χ1n) is 8.24. The fourth-order valence-electron chi connectivity index (χ4n) is 3.09. The van der Waals surface area contributed by atoms with Crippen LogP contribution in [-0.2, 0) is 0 Å². The van der Waals surface area contributed by atoms with Gasteiger partial charge in [-0.3, -0.25) is 4.79 Å². The molecule has 1 amide bonds. The number of aromatic nitrogens is 2. The van der Waals surface area contributed by atoms with Gasteiger partial charge in [0, 0.05) is 18.7 Å². The van der Waals surface area contributed by atoms with E-state index >= 15 is 0 Å². The summed E-state index contributed by atoms with van der Waals surface area (Å²) >= 11 is 5.74. The first kappa shape index (κ1) is 16.8. The Bertz CT molecular complexity index is 939. The van der Waals surface area contributed by atoms with Gasteiger partial charge in [0.05, 0.1) is 5.92 Å². The monoisotopic (exact) mass is 375 g/mol. The highest BCUT2D eigenvalue weighted by Crippen LogP contribution is 2.29. The van der Waals surface area contributed by atoms with Crippen LogP contribution >= 0.6 is 11.6 Å². The summed E-state index contributed by atoms with van der Waals surface area (Å²) in [5, 5.41) is 4.12. The van der Waals surface area contributed by atoms with Crippen LogP contribution in [0, 0.1) is 5.82 Å². The molecule has 4 rings (SSSR count). The number of carbonyl (C=O) groups is 1. The minimum atomic E-state index is -0.361. The molecule has 134 valence electrons. The molecule has 6 nitrogen and oxygen atoms in total. The third kappa shape index (κ3) is 3.35. The van der Waals surface area contributed by atoms with E-state index in [1.54, 1.807) is 29.2 Å². The maximum atomic E-state index is 13.4. The van der Waals surface area contributed by atoms with E-state index in [2.05, 4.69) is 10.1 Å². The number of carbonyl (C=O) groups excluding carboxylic acids is 1. The lowest BCUT2D eigenvalue weighted by molar-refractivity contribution is 0.0663. The number of rotatable bonds is 3. The van der Waals surface area contributed by atoms with Crippen LogP contribution in [0.25, 0.3) is 11.4 Å². The Kier molecular flexibility index (Phi) is 4.46. The van der Waals surface area contributed by atoms with Crippen molar-refractivity contribution < 1.29 is 18.1 Å². The quantitative estimate of drug-likeness (QED) is 0.687. The van der Waals surface area contributed by atoms with E-state index in [9.17, 15) is 9.18 Å². The van der Waals surface area contributed by atoms with Gasteiger partial charge >= 0.3 is 0 Å². The molecule has 1 saturated heterocycles. The summed E-state index contributed by atoms with van der Waals surface area (Å²) in [5.74, 6) is 0.335. The number of nitrogens with zero attached hydrogens (tertiary/aromatic N) is 3. The van der Waals surface area contributed by atoms with Crippen molar-refractivity contribution in [2.24, 2.45) is 0 Å². The van der Waals surface area contributed by atoms with Crippen molar-refractivity contribution in [3.05, 3.63) is 59.1 Å². The molecule has 0 N–H and O–H groups in total. The SMILES string of the molecule is O=C(c1ccc(Cl)o1)N1CCCC(c2nc(-c3cccc(F)c3)no2)C1. The normalized spacial score (nSPS) is 17.5. The van der Waals surface area contributed by atoms with Crippen LogP contribution in [0.2, 0.25) is 5.22 Å². The van der Waals surface area contributed by atoms with Crippen molar-refractivity contribution in [2.45, 2.75) is 18.8 Å². The number of halogens is 2. The first-order valence-corrected chi connectivity index (χ1v) is 8.62. The van der Waals surface area contributed by atoms with Crippen LogP contribution in [0.3, 0.4) is 0 Å². The van der Waals surface area contributed by atoms with Gasteiger partial charge in [0.2, 0.25) is 11.7 Å². The largest absolute Gasteiger partial charge is 0.440 e. The molecule has 0 spiro atoms. The standard InChI is InChI=1S/C18H15ClFN3O3/c19-15-7-6-14(25-15)18(24)23-8-2-4-12(10-23)17-21-16(22-26-17)11-3-1-5-13(20)9-11/h1,3,5-7,9,12H,2,4,8,10H2. The van der Waals surface area contributed by atoms with Crippen LogP contribution in [0.1, 0.15) is 35.2 Å². The maximum absolute atomic E-state index is 13.4. The number of benzene rings is 1. The van der Waals surface area contributed by atoms with Crippen molar-refractivity contribution in [3.8, 4) is 11.4 Å². The minimum absolute atomic E-state index is 0.0760. The summed E-state index contributed by atoms with van der Waals surface area (Å²) in [6.07, 6.45) is 1.63. The van der Waals surface area contributed by atoms with Crippen molar-refractivity contribution in [1.82, 2.24) is 15.0 Å². The summed E-state index contributed by atoms with van der Waals surface area (Å²) in [4.78, 5) is 18.6. The molecular formula is C18H15ClFN3O3. The third-order valence-electron chi connectivity index (χ3n) is 4.37. The average Bonchev–Trinajstić information content (AvgIpc) is 3.30. The molecule has 1 aliphatic heterocycles. The third-order valence-corrected chi connectivity index (χ3v) is 4.57. The Morgan fingerprint density at radius 3 is 2.96 bits per heavy atom. The molecule has 3 heterocycles. The zero-order valence-electron chi connectivity index (χ0n) is 13.7. The molecule has 8 heteroatoms. The molecule has 3 aromatic rings. The van der Waals surface area contributed by atoms with E-state index in [1.807, 2.05) is 0 Å². The molecule has 0 radical (unpaired) electrons. The summed E-state index contributed by atoms with van der Waals surface area (Å²) in [5.41, 5.74) is 0.550. The van der Waals surface area contributed by atoms with E-state index in [4.69, 9.17) is 20.5 Å². The van der Waals surface area contributed by atoms with Gasteiger partial charge in [0.25, 0.3) is 5.91 Å². The second-order valence-corrected chi connectivity index (χ2v) is 6.53. The summed E-state index contributed by atoms with van der Waals surface area (Å²) in [7, 11) is 0.